The number of hydrogen-bond donors (Lipinski definition) is 0. The molecule has 0 unspecified atom stereocenters. The summed E-state index contributed by atoms with van der Waals surface area (Å²) in [5, 5.41) is 6.72. The van der Waals surface area contributed by atoms with E-state index in [9.17, 15) is 0 Å². The van der Waals surface area contributed by atoms with Gasteiger partial charge in [-0.1, -0.05) is 133 Å². The minimum absolute atomic E-state index is 0.565. The molecule has 5 nitrogen and oxygen atoms in total. The summed E-state index contributed by atoms with van der Waals surface area (Å²) in [6, 6.07) is 54.4. The molecule has 0 amide bonds. The summed E-state index contributed by atoms with van der Waals surface area (Å²) in [4.78, 5) is 15.5. The van der Waals surface area contributed by atoms with Crippen molar-refractivity contribution in [2.45, 2.75) is 0 Å². The van der Waals surface area contributed by atoms with Gasteiger partial charge in [-0.3, -0.25) is 4.57 Å². The van der Waals surface area contributed by atoms with Crippen molar-refractivity contribution in [1.29, 1.82) is 0 Å². The molecule has 48 heavy (non-hydrogen) atoms. The summed E-state index contributed by atoms with van der Waals surface area (Å²) in [5.74, 6) is 1.76. The first kappa shape index (κ1) is 26.6. The van der Waals surface area contributed by atoms with Crippen molar-refractivity contribution in [3.63, 3.8) is 0 Å². The first-order valence-corrected chi connectivity index (χ1v) is 16.0. The number of nitrogens with zero attached hydrogens (tertiary/aromatic N) is 4. The van der Waals surface area contributed by atoms with E-state index in [0.29, 0.717) is 17.6 Å². The average molecular weight is 615 g/mol. The highest BCUT2D eigenvalue weighted by atomic mass is 16.3. The molecule has 224 valence electrons. The lowest BCUT2D eigenvalue weighted by atomic mass is 9.93. The Morgan fingerprint density at radius 2 is 0.938 bits per heavy atom. The van der Waals surface area contributed by atoms with E-state index in [-0.39, 0.29) is 0 Å². The third kappa shape index (κ3) is 4.01. The zero-order valence-corrected chi connectivity index (χ0v) is 25.7. The molecule has 0 saturated heterocycles. The topological polar surface area (TPSA) is 56.7 Å². The van der Waals surface area contributed by atoms with Crippen LogP contribution in [0, 0.1) is 0 Å². The van der Waals surface area contributed by atoms with Gasteiger partial charge in [0.1, 0.15) is 11.2 Å². The average Bonchev–Trinajstić information content (AvgIpc) is 3.71. The van der Waals surface area contributed by atoms with E-state index in [0.717, 1.165) is 66.0 Å². The monoisotopic (exact) mass is 614 g/mol. The third-order valence-corrected chi connectivity index (χ3v) is 9.28. The van der Waals surface area contributed by atoms with Crippen LogP contribution < -0.4 is 0 Å². The van der Waals surface area contributed by atoms with Crippen molar-refractivity contribution in [2.24, 2.45) is 0 Å². The quantitative estimate of drug-likeness (QED) is 0.198. The summed E-state index contributed by atoms with van der Waals surface area (Å²) < 4.78 is 8.70. The van der Waals surface area contributed by atoms with Gasteiger partial charge in [-0.15, -0.1) is 0 Å². The molecule has 10 rings (SSSR count). The van der Waals surface area contributed by atoms with Crippen LogP contribution in [-0.2, 0) is 0 Å². The van der Waals surface area contributed by atoms with Gasteiger partial charge in [-0.05, 0) is 46.2 Å². The van der Waals surface area contributed by atoms with Gasteiger partial charge >= 0.3 is 0 Å². The van der Waals surface area contributed by atoms with Crippen LogP contribution in [0.2, 0.25) is 0 Å². The van der Waals surface area contributed by atoms with E-state index in [2.05, 4.69) is 114 Å². The van der Waals surface area contributed by atoms with Crippen LogP contribution in [0.3, 0.4) is 0 Å². The lowest BCUT2D eigenvalue weighted by molar-refractivity contribution is 0.669. The van der Waals surface area contributed by atoms with E-state index in [4.69, 9.17) is 19.4 Å². The Balaban J connectivity index is 1.30. The molecule has 5 heteroatoms. The van der Waals surface area contributed by atoms with Crippen molar-refractivity contribution >= 4 is 54.5 Å². The van der Waals surface area contributed by atoms with Gasteiger partial charge in [-0.25, -0.2) is 4.98 Å². The lowest BCUT2D eigenvalue weighted by Gasteiger charge is -2.12. The van der Waals surface area contributed by atoms with Gasteiger partial charge in [0, 0.05) is 32.7 Å². The molecule has 0 bridgehead atoms. The highest BCUT2D eigenvalue weighted by molar-refractivity contribution is 6.19. The zero-order chi connectivity index (χ0) is 31.6. The number of aromatic nitrogens is 4. The molecule has 10 aromatic rings. The molecule has 7 aromatic carbocycles. The van der Waals surface area contributed by atoms with Crippen LogP contribution in [-0.4, -0.2) is 19.5 Å². The fraction of sp³-hybridized carbons (Fsp3) is 0. The van der Waals surface area contributed by atoms with E-state index >= 15 is 0 Å². The fourth-order valence-corrected chi connectivity index (χ4v) is 7.18. The van der Waals surface area contributed by atoms with Crippen LogP contribution in [0.25, 0.3) is 94.4 Å². The molecule has 0 aliphatic rings. The Labute approximate surface area is 275 Å². The van der Waals surface area contributed by atoms with Gasteiger partial charge < -0.3 is 4.42 Å². The standard InChI is InChI=1S/C43H26N4O/c1-2-14-28(15-3-1)41-44-42(46-43(45-41)47-35-23-8-6-18-31(35)32-19-7-9-24-36(32)47)34-22-12-26-38-40(34)39-33(21-11-25-37(39)48-38)30-20-10-16-27-13-4-5-17-29(27)30/h1-26H. The van der Waals surface area contributed by atoms with Gasteiger partial charge in [0.2, 0.25) is 5.95 Å². The van der Waals surface area contributed by atoms with E-state index in [1.54, 1.807) is 0 Å². The Bertz CT molecular complexity index is 2790. The number of furan rings is 1. The Kier molecular flexibility index (Phi) is 5.81. The maximum atomic E-state index is 6.55. The second-order valence-electron chi connectivity index (χ2n) is 12.0. The Morgan fingerprint density at radius 1 is 0.396 bits per heavy atom. The third-order valence-electron chi connectivity index (χ3n) is 9.28. The van der Waals surface area contributed by atoms with Gasteiger partial charge in [0.05, 0.1) is 11.0 Å². The Morgan fingerprint density at radius 3 is 1.69 bits per heavy atom. The summed E-state index contributed by atoms with van der Waals surface area (Å²) in [7, 11) is 0. The minimum atomic E-state index is 0.565. The van der Waals surface area contributed by atoms with E-state index in [1.165, 1.54) is 10.8 Å². The van der Waals surface area contributed by atoms with Crippen molar-refractivity contribution < 1.29 is 4.42 Å². The van der Waals surface area contributed by atoms with Crippen molar-refractivity contribution in [3.8, 4) is 39.9 Å². The largest absolute Gasteiger partial charge is 0.456 e. The molecule has 0 aliphatic carbocycles. The number of para-hydroxylation sites is 2. The normalized spacial score (nSPS) is 11.8. The van der Waals surface area contributed by atoms with Gasteiger partial charge in [-0.2, -0.15) is 9.97 Å². The van der Waals surface area contributed by atoms with Crippen molar-refractivity contribution in [1.82, 2.24) is 19.5 Å². The smallest absolute Gasteiger partial charge is 0.238 e. The summed E-state index contributed by atoms with van der Waals surface area (Å²) >= 11 is 0. The SMILES string of the molecule is c1ccc(-c2nc(-c3cccc4oc5cccc(-c6cccc7ccccc67)c5c34)nc(-n3c4ccccc4c4ccccc43)n2)cc1. The Hall–Kier alpha value is -6.59. The second kappa shape index (κ2) is 10.5. The molecular weight excluding hydrogens is 589 g/mol. The zero-order valence-electron chi connectivity index (χ0n) is 25.7. The number of rotatable bonds is 4. The van der Waals surface area contributed by atoms with Gasteiger partial charge in [0.15, 0.2) is 11.6 Å². The highest BCUT2D eigenvalue weighted by Crippen LogP contribution is 2.43. The van der Waals surface area contributed by atoms with Crippen molar-refractivity contribution in [2.75, 3.05) is 0 Å². The molecule has 0 radical (unpaired) electrons. The maximum Gasteiger partial charge on any atom is 0.238 e. The van der Waals surface area contributed by atoms with Crippen LogP contribution in [0.4, 0.5) is 0 Å². The molecule has 3 heterocycles. The molecule has 0 atom stereocenters. The van der Waals surface area contributed by atoms with E-state index < -0.39 is 0 Å². The van der Waals surface area contributed by atoms with Crippen LogP contribution in [0.15, 0.2) is 162 Å². The maximum absolute atomic E-state index is 6.55. The number of hydrogen-bond acceptors (Lipinski definition) is 4. The molecular formula is C43H26N4O. The fourth-order valence-electron chi connectivity index (χ4n) is 7.18. The molecule has 0 spiro atoms. The molecule has 0 fully saturated rings. The lowest BCUT2D eigenvalue weighted by Crippen LogP contribution is -2.06. The predicted molar refractivity (Wildman–Crippen MR) is 195 cm³/mol. The molecule has 0 N–H and O–H groups in total. The minimum Gasteiger partial charge on any atom is -0.456 e. The predicted octanol–water partition coefficient (Wildman–Crippen LogP) is 11.0. The number of benzene rings is 7. The number of fused-ring (bicyclic) bond motifs is 7. The second-order valence-corrected chi connectivity index (χ2v) is 12.0. The summed E-state index contributed by atoms with van der Waals surface area (Å²) in [5.41, 5.74) is 7.76. The molecule has 3 aromatic heterocycles. The summed E-state index contributed by atoms with van der Waals surface area (Å²) in [6.45, 7) is 0. The van der Waals surface area contributed by atoms with Crippen LogP contribution in [0.5, 0.6) is 0 Å². The van der Waals surface area contributed by atoms with E-state index in [1.807, 2.05) is 48.5 Å². The van der Waals surface area contributed by atoms with Crippen LogP contribution in [0.1, 0.15) is 0 Å². The first-order chi connectivity index (χ1) is 23.8. The molecule has 0 aliphatic heterocycles. The summed E-state index contributed by atoms with van der Waals surface area (Å²) in [6.07, 6.45) is 0. The van der Waals surface area contributed by atoms with Gasteiger partial charge in [0.25, 0.3) is 0 Å². The van der Waals surface area contributed by atoms with Crippen LogP contribution >= 0.6 is 0 Å². The van der Waals surface area contributed by atoms with Crippen molar-refractivity contribution in [3.05, 3.63) is 158 Å². The highest BCUT2D eigenvalue weighted by Gasteiger charge is 2.22. The first-order valence-electron chi connectivity index (χ1n) is 16.0. The molecule has 0 saturated carbocycles.